The first-order valence-corrected chi connectivity index (χ1v) is 11.9. The van der Waals surface area contributed by atoms with Gasteiger partial charge in [-0.3, -0.25) is 0 Å². The van der Waals surface area contributed by atoms with Crippen LogP contribution in [0, 0.1) is 0 Å². The van der Waals surface area contributed by atoms with Gasteiger partial charge in [0.25, 0.3) is 0 Å². The van der Waals surface area contributed by atoms with Gasteiger partial charge in [0.15, 0.2) is 0 Å². The van der Waals surface area contributed by atoms with E-state index in [1.165, 1.54) is 5.56 Å². The fraction of sp³-hybridized carbons (Fsp3) is 0.375. The molecular formula is C24H28Cl2N2OS. The molecule has 1 N–H and O–H groups in total. The highest BCUT2D eigenvalue weighted by atomic mass is 35.5. The predicted molar refractivity (Wildman–Crippen MR) is 127 cm³/mol. The van der Waals surface area contributed by atoms with Gasteiger partial charge < -0.3 is 9.67 Å². The number of aromatic nitrogens is 2. The largest absolute Gasteiger partial charge is 0.396 e. The van der Waals surface area contributed by atoms with E-state index in [1.54, 1.807) is 17.8 Å². The van der Waals surface area contributed by atoms with E-state index >= 15 is 0 Å². The third-order valence-electron chi connectivity index (χ3n) is 4.87. The first-order chi connectivity index (χ1) is 14.5. The van der Waals surface area contributed by atoms with E-state index in [-0.39, 0.29) is 6.61 Å². The number of halogens is 2. The van der Waals surface area contributed by atoms with Crippen LogP contribution in [0.3, 0.4) is 0 Å². The van der Waals surface area contributed by atoms with Crippen LogP contribution < -0.4 is 0 Å². The Morgan fingerprint density at radius 1 is 1.00 bits per heavy atom. The summed E-state index contributed by atoms with van der Waals surface area (Å²) >= 11 is 14.1. The topological polar surface area (TPSA) is 38.1 Å². The minimum atomic E-state index is 0.167. The number of nitrogens with zero attached hydrogens (tertiary/aromatic N) is 2. The molecule has 6 heteroatoms. The summed E-state index contributed by atoms with van der Waals surface area (Å²) in [5.74, 6) is 1.34. The lowest BCUT2D eigenvalue weighted by atomic mass is 10.1. The highest BCUT2D eigenvalue weighted by molar-refractivity contribution is 7.99. The van der Waals surface area contributed by atoms with Crippen molar-refractivity contribution in [3.63, 3.8) is 0 Å². The van der Waals surface area contributed by atoms with Crippen LogP contribution in [0.4, 0.5) is 0 Å². The molecule has 1 aromatic heterocycles. The molecule has 1 heterocycles. The average Bonchev–Trinajstić information content (AvgIpc) is 3.04. The number of aryl methyl sites for hydroxylation is 2. The smallest absolute Gasteiger partial charge is 0.109 e. The molecule has 0 fully saturated rings. The predicted octanol–water partition coefficient (Wildman–Crippen LogP) is 7.02. The summed E-state index contributed by atoms with van der Waals surface area (Å²) in [7, 11) is 0. The second-order valence-corrected chi connectivity index (χ2v) is 9.58. The van der Waals surface area contributed by atoms with Crippen molar-refractivity contribution in [3.8, 4) is 0 Å². The third kappa shape index (κ3) is 6.27. The highest BCUT2D eigenvalue weighted by Crippen LogP contribution is 2.37. The van der Waals surface area contributed by atoms with Crippen molar-refractivity contribution in [2.75, 3.05) is 6.61 Å². The van der Waals surface area contributed by atoms with Crippen molar-refractivity contribution in [2.45, 2.75) is 61.9 Å². The minimum absolute atomic E-state index is 0.167. The lowest BCUT2D eigenvalue weighted by Crippen LogP contribution is -2.07. The number of imidazole rings is 1. The molecule has 0 atom stereocenters. The average molecular weight is 463 g/mol. The minimum Gasteiger partial charge on any atom is -0.396 e. The summed E-state index contributed by atoms with van der Waals surface area (Å²) in [5, 5.41) is 11.8. The van der Waals surface area contributed by atoms with E-state index in [1.807, 2.05) is 18.2 Å². The van der Waals surface area contributed by atoms with Crippen LogP contribution in [0.25, 0.3) is 0 Å². The highest BCUT2D eigenvalue weighted by Gasteiger charge is 2.20. The van der Waals surface area contributed by atoms with Gasteiger partial charge in [-0.25, -0.2) is 4.98 Å². The summed E-state index contributed by atoms with van der Waals surface area (Å²) in [6, 6.07) is 16.2. The molecule has 160 valence electrons. The van der Waals surface area contributed by atoms with E-state index in [0.717, 1.165) is 47.2 Å². The van der Waals surface area contributed by atoms with Gasteiger partial charge in [-0.15, -0.1) is 0 Å². The second-order valence-electron chi connectivity index (χ2n) is 7.65. The molecule has 30 heavy (non-hydrogen) atoms. The van der Waals surface area contributed by atoms with Crippen molar-refractivity contribution in [1.29, 1.82) is 0 Å². The number of benzene rings is 2. The van der Waals surface area contributed by atoms with Crippen LogP contribution in [0.2, 0.25) is 10.0 Å². The Morgan fingerprint density at radius 3 is 2.33 bits per heavy atom. The lowest BCUT2D eigenvalue weighted by molar-refractivity contribution is 0.286. The Hall–Kier alpha value is -1.46. The fourth-order valence-corrected chi connectivity index (χ4v) is 5.37. The molecule has 0 aliphatic heterocycles. The van der Waals surface area contributed by atoms with Crippen LogP contribution >= 0.6 is 35.0 Å². The molecule has 0 bridgehead atoms. The molecule has 0 aliphatic rings. The molecule has 0 unspecified atom stereocenters. The maximum Gasteiger partial charge on any atom is 0.109 e. The zero-order chi connectivity index (χ0) is 21.5. The summed E-state index contributed by atoms with van der Waals surface area (Å²) in [4.78, 5) is 5.99. The summed E-state index contributed by atoms with van der Waals surface area (Å²) in [6.45, 7) is 5.38. The lowest BCUT2D eigenvalue weighted by Gasteiger charge is -2.14. The van der Waals surface area contributed by atoms with Crippen LogP contribution in [0.15, 0.2) is 58.5 Å². The van der Waals surface area contributed by atoms with Gasteiger partial charge in [0.1, 0.15) is 10.9 Å². The first-order valence-electron chi connectivity index (χ1n) is 10.4. The second kappa shape index (κ2) is 11.2. The number of aliphatic hydroxyl groups excluding tert-OH is 1. The van der Waals surface area contributed by atoms with Gasteiger partial charge >= 0.3 is 0 Å². The van der Waals surface area contributed by atoms with Crippen LogP contribution in [-0.2, 0) is 19.4 Å². The molecule has 0 aliphatic carbocycles. The SMILES string of the molecule is CC(C)c1nc(CCCO)n(CCCc2ccccc2)c1Sc1cc(Cl)cc(Cl)c1. The van der Waals surface area contributed by atoms with Crippen LogP contribution in [0.5, 0.6) is 0 Å². The van der Waals surface area contributed by atoms with Gasteiger partial charge in [-0.2, -0.15) is 0 Å². The van der Waals surface area contributed by atoms with Crippen molar-refractivity contribution in [2.24, 2.45) is 0 Å². The molecule has 0 amide bonds. The monoisotopic (exact) mass is 462 g/mol. The first kappa shape index (κ1) is 23.2. The van der Waals surface area contributed by atoms with Crippen molar-refractivity contribution in [1.82, 2.24) is 9.55 Å². The van der Waals surface area contributed by atoms with Gasteiger partial charge in [-0.05, 0) is 48.9 Å². The number of hydrogen-bond acceptors (Lipinski definition) is 3. The van der Waals surface area contributed by atoms with Crippen molar-refractivity contribution >= 4 is 35.0 Å². The summed E-state index contributed by atoms with van der Waals surface area (Å²) in [5.41, 5.74) is 2.43. The zero-order valence-electron chi connectivity index (χ0n) is 17.4. The van der Waals surface area contributed by atoms with E-state index < -0.39 is 0 Å². The standard InChI is InChI=1S/C24H28Cl2N2OS/c1-17(2)23-24(30-21-15-19(25)14-20(26)16-21)28(22(27-23)11-7-13-29)12-6-10-18-8-4-3-5-9-18/h3-5,8-9,14-17,29H,6-7,10-13H2,1-2H3. The van der Waals surface area contributed by atoms with E-state index in [4.69, 9.17) is 28.2 Å². The molecule has 0 saturated carbocycles. The van der Waals surface area contributed by atoms with Crippen LogP contribution in [0.1, 0.15) is 49.7 Å². The Labute approximate surface area is 193 Å². The van der Waals surface area contributed by atoms with Crippen molar-refractivity contribution < 1.29 is 5.11 Å². The Balaban J connectivity index is 1.91. The molecular weight excluding hydrogens is 435 g/mol. The maximum atomic E-state index is 9.35. The summed E-state index contributed by atoms with van der Waals surface area (Å²) < 4.78 is 2.33. The Bertz CT molecular complexity index is 937. The summed E-state index contributed by atoms with van der Waals surface area (Å²) in [6.07, 6.45) is 3.51. The normalized spacial score (nSPS) is 11.4. The molecule has 0 spiro atoms. The maximum absolute atomic E-state index is 9.35. The van der Waals surface area contributed by atoms with Crippen LogP contribution in [-0.4, -0.2) is 21.3 Å². The molecule has 3 rings (SSSR count). The van der Waals surface area contributed by atoms with Gasteiger partial charge in [-0.1, -0.05) is 79.1 Å². The Morgan fingerprint density at radius 2 is 1.70 bits per heavy atom. The van der Waals surface area contributed by atoms with Gasteiger partial charge in [0.05, 0.1) is 5.69 Å². The Kier molecular flexibility index (Phi) is 8.70. The third-order valence-corrected chi connectivity index (χ3v) is 6.40. The molecule has 2 aromatic carbocycles. The molecule has 3 aromatic rings. The van der Waals surface area contributed by atoms with Crippen molar-refractivity contribution in [3.05, 3.63) is 75.7 Å². The number of aliphatic hydroxyl groups is 1. The zero-order valence-corrected chi connectivity index (χ0v) is 19.8. The molecule has 0 saturated heterocycles. The van der Waals surface area contributed by atoms with Gasteiger partial charge in [0.2, 0.25) is 0 Å². The number of hydrogen-bond donors (Lipinski definition) is 1. The fourth-order valence-electron chi connectivity index (χ4n) is 3.43. The molecule has 0 radical (unpaired) electrons. The number of rotatable bonds is 10. The quantitative estimate of drug-likeness (QED) is 0.351. The molecule has 3 nitrogen and oxygen atoms in total. The van der Waals surface area contributed by atoms with E-state index in [9.17, 15) is 5.11 Å². The van der Waals surface area contributed by atoms with E-state index in [0.29, 0.717) is 22.4 Å². The van der Waals surface area contributed by atoms with Gasteiger partial charge in [0, 0.05) is 34.5 Å². The van der Waals surface area contributed by atoms with E-state index in [2.05, 4.69) is 42.7 Å².